The van der Waals surface area contributed by atoms with Crippen LogP contribution >= 0.6 is 0 Å². The van der Waals surface area contributed by atoms with Crippen molar-refractivity contribution >= 4 is 17.6 Å². The maximum Gasteiger partial charge on any atom is 0.335 e. The fourth-order valence-corrected chi connectivity index (χ4v) is 4.11. The standard InChI is InChI=1S/C27H29N3O4/c31-26(29-22-12-14-25(15-13-22)34-24-6-2-1-3-7-24)18-28-17-23-5-4-16-30(23)19-20-8-10-21(11-9-20)27(32)33/h1-3,6-15,23,28H,4-5,16-19H2,(H,29,31)(H,32,33). The number of carbonyl (C=O) groups excluding carboxylic acids is 1. The molecule has 0 aliphatic carbocycles. The molecule has 1 aliphatic heterocycles. The highest BCUT2D eigenvalue weighted by molar-refractivity contribution is 5.92. The van der Waals surface area contributed by atoms with E-state index in [0.717, 1.165) is 49.5 Å². The Morgan fingerprint density at radius 3 is 2.35 bits per heavy atom. The van der Waals surface area contributed by atoms with Crippen LogP contribution in [0.4, 0.5) is 5.69 Å². The van der Waals surface area contributed by atoms with Crippen LogP contribution in [0.15, 0.2) is 78.9 Å². The molecule has 34 heavy (non-hydrogen) atoms. The van der Waals surface area contributed by atoms with Crippen LogP contribution in [0.5, 0.6) is 11.5 Å². The molecule has 4 rings (SSSR count). The monoisotopic (exact) mass is 459 g/mol. The topological polar surface area (TPSA) is 90.9 Å². The zero-order valence-corrected chi connectivity index (χ0v) is 18.9. The van der Waals surface area contributed by atoms with E-state index in [1.807, 2.05) is 66.7 Å². The summed E-state index contributed by atoms with van der Waals surface area (Å²) < 4.78 is 5.77. The van der Waals surface area contributed by atoms with Crippen LogP contribution in [0.3, 0.4) is 0 Å². The van der Waals surface area contributed by atoms with Gasteiger partial charge in [-0.2, -0.15) is 0 Å². The van der Waals surface area contributed by atoms with Crippen LogP contribution < -0.4 is 15.4 Å². The molecule has 0 aromatic heterocycles. The molecular weight excluding hydrogens is 430 g/mol. The van der Waals surface area contributed by atoms with Gasteiger partial charge in [-0.1, -0.05) is 30.3 Å². The minimum absolute atomic E-state index is 0.0921. The third-order valence-electron chi connectivity index (χ3n) is 5.87. The van der Waals surface area contributed by atoms with Crippen molar-refractivity contribution in [2.24, 2.45) is 0 Å². The van der Waals surface area contributed by atoms with E-state index in [4.69, 9.17) is 9.84 Å². The zero-order valence-electron chi connectivity index (χ0n) is 18.9. The Morgan fingerprint density at radius 2 is 1.65 bits per heavy atom. The Bertz CT molecular complexity index is 1090. The van der Waals surface area contributed by atoms with Crippen LogP contribution in [0, 0.1) is 0 Å². The molecule has 7 heteroatoms. The van der Waals surface area contributed by atoms with E-state index in [1.165, 1.54) is 0 Å². The normalized spacial score (nSPS) is 15.7. The molecule has 3 aromatic rings. The van der Waals surface area contributed by atoms with E-state index in [1.54, 1.807) is 12.1 Å². The number of carboxylic acid groups (broad SMARTS) is 1. The maximum absolute atomic E-state index is 12.4. The smallest absolute Gasteiger partial charge is 0.335 e. The highest BCUT2D eigenvalue weighted by Gasteiger charge is 2.24. The molecule has 0 radical (unpaired) electrons. The molecule has 0 bridgehead atoms. The third-order valence-corrected chi connectivity index (χ3v) is 5.87. The Hall–Kier alpha value is -3.68. The first kappa shape index (κ1) is 23.5. The summed E-state index contributed by atoms with van der Waals surface area (Å²) in [5.41, 5.74) is 2.11. The fourth-order valence-electron chi connectivity index (χ4n) is 4.11. The minimum Gasteiger partial charge on any atom is -0.478 e. The Labute approximate surface area is 199 Å². The largest absolute Gasteiger partial charge is 0.478 e. The molecule has 0 spiro atoms. The number of nitrogens with one attached hydrogen (secondary N) is 2. The van der Waals surface area contributed by atoms with Gasteiger partial charge in [0.05, 0.1) is 12.1 Å². The fraction of sp³-hybridized carbons (Fsp3) is 0.259. The Morgan fingerprint density at radius 1 is 0.941 bits per heavy atom. The summed E-state index contributed by atoms with van der Waals surface area (Å²) in [6.07, 6.45) is 2.19. The highest BCUT2D eigenvalue weighted by atomic mass is 16.5. The number of amides is 1. The van der Waals surface area contributed by atoms with Crippen LogP contribution in [0.25, 0.3) is 0 Å². The second-order valence-electron chi connectivity index (χ2n) is 8.39. The lowest BCUT2D eigenvalue weighted by Gasteiger charge is -2.25. The third kappa shape index (κ3) is 6.66. The van der Waals surface area contributed by atoms with Gasteiger partial charge in [-0.3, -0.25) is 9.69 Å². The van der Waals surface area contributed by atoms with Gasteiger partial charge in [-0.05, 0) is 73.5 Å². The number of anilines is 1. The van der Waals surface area contributed by atoms with Crippen molar-refractivity contribution < 1.29 is 19.4 Å². The van der Waals surface area contributed by atoms with Gasteiger partial charge in [-0.25, -0.2) is 4.79 Å². The molecule has 1 atom stereocenters. The lowest BCUT2D eigenvalue weighted by atomic mass is 10.1. The van der Waals surface area contributed by atoms with Crippen LogP contribution in [-0.2, 0) is 11.3 Å². The predicted octanol–water partition coefficient (Wildman–Crippen LogP) is 4.37. The average molecular weight is 460 g/mol. The summed E-state index contributed by atoms with van der Waals surface area (Å²) in [6.45, 7) is 2.73. The molecule has 1 saturated heterocycles. The van der Waals surface area contributed by atoms with Gasteiger partial charge in [0.15, 0.2) is 0 Å². The van der Waals surface area contributed by atoms with Crippen molar-refractivity contribution in [3.8, 4) is 11.5 Å². The summed E-state index contributed by atoms with van der Waals surface area (Å²) in [4.78, 5) is 25.8. The number of benzene rings is 3. The van der Waals surface area contributed by atoms with Crippen LogP contribution in [0.1, 0.15) is 28.8 Å². The van der Waals surface area contributed by atoms with Crippen molar-refractivity contribution in [2.75, 3.05) is 25.0 Å². The second kappa shape index (κ2) is 11.4. The van der Waals surface area contributed by atoms with E-state index >= 15 is 0 Å². The zero-order chi connectivity index (χ0) is 23.8. The quantitative estimate of drug-likeness (QED) is 0.417. The van der Waals surface area contributed by atoms with Gasteiger partial charge in [-0.15, -0.1) is 0 Å². The number of aromatic carboxylic acids is 1. The van der Waals surface area contributed by atoms with E-state index in [-0.39, 0.29) is 12.5 Å². The number of carbonyl (C=O) groups is 2. The number of rotatable bonds is 10. The Balaban J connectivity index is 1.20. The summed E-state index contributed by atoms with van der Waals surface area (Å²) in [7, 11) is 0. The lowest BCUT2D eigenvalue weighted by Crippen LogP contribution is -2.40. The molecule has 1 heterocycles. The van der Waals surface area contributed by atoms with Gasteiger partial charge < -0.3 is 20.5 Å². The molecule has 1 aliphatic rings. The SMILES string of the molecule is O=C(CNCC1CCCN1Cc1ccc(C(=O)O)cc1)Nc1ccc(Oc2ccccc2)cc1. The number of hydrogen-bond acceptors (Lipinski definition) is 5. The first-order valence-electron chi connectivity index (χ1n) is 11.5. The number of ether oxygens (including phenoxy) is 1. The number of likely N-dealkylation sites (tertiary alicyclic amines) is 1. The van der Waals surface area contributed by atoms with Crippen molar-refractivity contribution in [1.82, 2.24) is 10.2 Å². The molecular formula is C27H29N3O4. The van der Waals surface area contributed by atoms with E-state index in [0.29, 0.717) is 17.4 Å². The van der Waals surface area contributed by atoms with Crippen LogP contribution in [-0.4, -0.2) is 47.6 Å². The molecule has 3 N–H and O–H groups in total. The van der Waals surface area contributed by atoms with Gasteiger partial charge in [0.2, 0.25) is 5.91 Å². The van der Waals surface area contributed by atoms with E-state index < -0.39 is 5.97 Å². The molecule has 1 unspecified atom stereocenters. The van der Waals surface area contributed by atoms with Crippen LogP contribution in [0.2, 0.25) is 0 Å². The minimum atomic E-state index is -0.912. The molecule has 7 nitrogen and oxygen atoms in total. The number of hydrogen-bond donors (Lipinski definition) is 3. The number of para-hydroxylation sites is 1. The summed E-state index contributed by atoms with van der Waals surface area (Å²) in [5, 5.41) is 15.2. The molecule has 1 fully saturated rings. The number of nitrogens with zero attached hydrogens (tertiary/aromatic N) is 1. The Kier molecular flexibility index (Phi) is 7.91. The average Bonchev–Trinajstić information content (AvgIpc) is 3.28. The van der Waals surface area contributed by atoms with Crippen molar-refractivity contribution in [3.63, 3.8) is 0 Å². The van der Waals surface area contributed by atoms with Crippen molar-refractivity contribution in [2.45, 2.75) is 25.4 Å². The van der Waals surface area contributed by atoms with Gasteiger partial charge in [0.1, 0.15) is 11.5 Å². The maximum atomic E-state index is 12.4. The van der Waals surface area contributed by atoms with Gasteiger partial charge in [0, 0.05) is 24.8 Å². The van der Waals surface area contributed by atoms with Gasteiger partial charge in [0.25, 0.3) is 0 Å². The van der Waals surface area contributed by atoms with Crippen molar-refractivity contribution in [1.29, 1.82) is 0 Å². The van der Waals surface area contributed by atoms with Gasteiger partial charge >= 0.3 is 5.97 Å². The highest BCUT2D eigenvalue weighted by Crippen LogP contribution is 2.23. The lowest BCUT2D eigenvalue weighted by molar-refractivity contribution is -0.115. The number of carboxylic acids is 1. The second-order valence-corrected chi connectivity index (χ2v) is 8.39. The predicted molar refractivity (Wildman–Crippen MR) is 131 cm³/mol. The first-order valence-corrected chi connectivity index (χ1v) is 11.5. The van der Waals surface area contributed by atoms with E-state index in [9.17, 15) is 9.59 Å². The summed E-state index contributed by atoms with van der Waals surface area (Å²) >= 11 is 0. The summed E-state index contributed by atoms with van der Waals surface area (Å²) in [5.74, 6) is 0.470. The molecule has 0 saturated carbocycles. The first-order chi connectivity index (χ1) is 16.6. The van der Waals surface area contributed by atoms with E-state index in [2.05, 4.69) is 15.5 Å². The molecule has 3 aromatic carbocycles. The molecule has 1 amide bonds. The van der Waals surface area contributed by atoms with Crippen molar-refractivity contribution in [3.05, 3.63) is 90.0 Å². The summed E-state index contributed by atoms with van der Waals surface area (Å²) in [6, 6.07) is 24.2. The molecule has 176 valence electrons.